The van der Waals surface area contributed by atoms with E-state index in [-0.39, 0.29) is 11.5 Å². The highest BCUT2D eigenvalue weighted by atomic mass is 19.3. The van der Waals surface area contributed by atoms with Gasteiger partial charge in [0.15, 0.2) is 0 Å². The number of H-pyrrole nitrogens is 1. The molecule has 2 rings (SSSR count). The Morgan fingerprint density at radius 3 is 2.46 bits per heavy atom. The van der Waals surface area contributed by atoms with Crippen LogP contribution in [-0.4, -0.2) is 4.98 Å². The summed E-state index contributed by atoms with van der Waals surface area (Å²) in [5, 5.41) is 0.716. The molecular weight excluding hydrogens is 180 g/mol. The van der Waals surface area contributed by atoms with E-state index < -0.39 is 0 Å². The fourth-order valence-corrected chi connectivity index (χ4v) is 1.18. The number of hydrogen-bond donors (Lipinski definition) is 1. The SMILES string of the molecule is FOc1cc2cc[nH]c2cc1OF. The summed E-state index contributed by atoms with van der Waals surface area (Å²) in [6, 6.07) is 4.35. The molecule has 1 aromatic heterocycles. The van der Waals surface area contributed by atoms with E-state index in [1.807, 2.05) is 0 Å². The van der Waals surface area contributed by atoms with Crippen molar-refractivity contribution in [3.8, 4) is 11.5 Å². The Morgan fingerprint density at radius 1 is 1.08 bits per heavy atom. The molecule has 0 amide bonds. The minimum Gasteiger partial charge on any atom is -0.361 e. The van der Waals surface area contributed by atoms with Gasteiger partial charge in [0.25, 0.3) is 0 Å². The summed E-state index contributed by atoms with van der Waals surface area (Å²) in [5.74, 6) is -0.577. The predicted molar refractivity (Wildman–Crippen MR) is 41.8 cm³/mol. The highest BCUT2D eigenvalue weighted by molar-refractivity contribution is 5.83. The number of benzene rings is 1. The summed E-state index contributed by atoms with van der Waals surface area (Å²) in [7, 11) is 0. The number of hydrogen-bond acceptors (Lipinski definition) is 2. The van der Waals surface area contributed by atoms with Crippen LogP contribution < -0.4 is 9.88 Å². The normalized spacial score (nSPS) is 10.3. The van der Waals surface area contributed by atoms with Gasteiger partial charge in [0.1, 0.15) is 0 Å². The summed E-state index contributed by atoms with van der Waals surface area (Å²) in [5.41, 5.74) is 0.647. The Balaban J connectivity index is 2.67. The third-order valence-corrected chi connectivity index (χ3v) is 1.78. The van der Waals surface area contributed by atoms with Crippen molar-refractivity contribution in [3.05, 3.63) is 24.4 Å². The molecule has 0 atom stereocenters. The fourth-order valence-electron chi connectivity index (χ4n) is 1.18. The average molecular weight is 185 g/mol. The van der Waals surface area contributed by atoms with Crippen LogP contribution in [0.15, 0.2) is 24.4 Å². The molecular formula is C8H5F2NO2. The molecule has 1 N–H and O–H groups in total. The van der Waals surface area contributed by atoms with Crippen molar-refractivity contribution in [3.63, 3.8) is 0 Å². The molecule has 0 aliphatic carbocycles. The molecule has 0 aliphatic heterocycles. The highest BCUT2D eigenvalue weighted by Crippen LogP contribution is 2.32. The quantitative estimate of drug-likeness (QED) is 0.780. The lowest BCUT2D eigenvalue weighted by Gasteiger charge is -1.99. The Bertz CT molecular complexity index is 389. The van der Waals surface area contributed by atoms with Crippen LogP contribution in [0, 0.1) is 0 Å². The molecule has 0 saturated heterocycles. The third-order valence-electron chi connectivity index (χ3n) is 1.78. The summed E-state index contributed by atoms with van der Waals surface area (Å²) < 4.78 is 23.7. The molecule has 0 spiro atoms. The standard InChI is InChI=1S/C8H5F2NO2/c9-12-7-3-5-1-2-11-6(5)4-8(7)13-10/h1-4,11H. The average Bonchev–Trinajstić information content (AvgIpc) is 2.62. The number of halogens is 2. The van der Waals surface area contributed by atoms with Gasteiger partial charge < -0.3 is 4.98 Å². The molecule has 0 radical (unpaired) electrons. The molecule has 0 fully saturated rings. The molecule has 0 aliphatic rings. The lowest BCUT2D eigenvalue weighted by atomic mass is 10.2. The Hall–Kier alpha value is -1.78. The molecule has 0 bridgehead atoms. The lowest BCUT2D eigenvalue weighted by molar-refractivity contribution is -0.0385. The second kappa shape index (κ2) is 2.93. The first-order chi connectivity index (χ1) is 6.35. The molecule has 2 aromatic rings. The van der Waals surface area contributed by atoms with Crippen LogP contribution in [0.25, 0.3) is 10.9 Å². The number of nitrogens with one attached hydrogen (secondary N) is 1. The topological polar surface area (TPSA) is 34.2 Å². The summed E-state index contributed by atoms with van der Waals surface area (Å²) in [4.78, 5) is 9.68. The van der Waals surface area contributed by atoms with Crippen LogP contribution in [0.4, 0.5) is 9.05 Å². The van der Waals surface area contributed by atoms with Crippen LogP contribution in [-0.2, 0) is 0 Å². The van der Waals surface area contributed by atoms with Gasteiger partial charge in [-0.25, -0.2) is 0 Å². The number of rotatable bonds is 2. The number of fused-ring (bicyclic) bond motifs is 1. The Labute approximate surface area is 71.7 Å². The Kier molecular flexibility index (Phi) is 1.77. The van der Waals surface area contributed by atoms with Crippen LogP contribution in [0.2, 0.25) is 0 Å². The van der Waals surface area contributed by atoms with E-state index in [0.717, 1.165) is 0 Å². The minimum atomic E-state index is -0.294. The highest BCUT2D eigenvalue weighted by Gasteiger charge is 2.09. The van der Waals surface area contributed by atoms with E-state index in [2.05, 4.69) is 14.9 Å². The van der Waals surface area contributed by atoms with Crippen molar-refractivity contribution in [2.24, 2.45) is 0 Å². The maximum atomic E-state index is 11.9. The smallest absolute Gasteiger partial charge is 0.220 e. The summed E-state index contributed by atoms with van der Waals surface area (Å²) >= 11 is 0. The van der Waals surface area contributed by atoms with E-state index in [9.17, 15) is 9.05 Å². The van der Waals surface area contributed by atoms with E-state index >= 15 is 0 Å². The zero-order chi connectivity index (χ0) is 9.26. The van der Waals surface area contributed by atoms with Gasteiger partial charge in [-0.15, -0.1) is 0 Å². The molecule has 1 heterocycles. The maximum Gasteiger partial charge on any atom is 0.220 e. The van der Waals surface area contributed by atoms with Gasteiger partial charge in [-0.1, -0.05) is 0 Å². The van der Waals surface area contributed by atoms with Crippen LogP contribution >= 0.6 is 0 Å². The molecule has 3 nitrogen and oxygen atoms in total. The Morgan fingerprint density at radius 2 is 1.77 bits per heavy atom. The van der Waals surface area contributed by atoms with Gasteiger partial charge in [0.05, 0.1) is 0 Å². The van der Waals surface area contributed by atoms with Crippen LogP contribution in [0.3, 0.4) is 0 Å². The van der Waals surface area contributed by atoms with Crippen LogP contribution in [0.5, 0.6) is 11.5 Å². The monoisotopic (exact) mass is 185 g/mol. The van der Waals surface area contributed by atoms with Crippen molar-refractivity contribution in [1.82, 2.24) is 4.98 Å². The summed E-state index contributed by atoms with van der Waals surface area (Å²) in [6.07, 6.45) is 1.65. The minimum absolute atomic E-state index is 0.283. The van der Waals surface area contributed by atoms with E-state index in [1.54, 1.807) is 12.3 Å². The van der Waals surface area contributed by atoms with Gasteiger partial charge in [-0.3, -0.25) is 9.88 Å². The molecule has 5 heteroatoms. The van der Waals surface area contributed by atoms with E-state index in [1.165, 1.54) is 12.1 Å². The van der Waals surface area contributed by atoms with E-state index in [0.29, 0.717) is 10.9 Å². The van der Waals surface area contributed by atoms with Crippen molar-refractivity contribution in [2.75, 3.05) is 0 Å². The summed E-state index contributed by atoms with van der Waals surface area (Å²) in [6.45, 7) is 0. The first kappa shape index (κ1) is 7.85. The van der Waals surface area contributed by atoms with Gasteiger partial charge in [0, 0.05) is 32.2 Å². The van der Waals surface area contributed by atoms with Crippen molar-refractivity contribution in [2.45, 2.75) is 0 Å². The van der Waals surface area contributed by atoms with Gasteiger partial charge in [-0.2, -0.15) is 0 Å². The zero-order valence-corrected chi connectivity index (χ0v) is 6.38. The second-order valence-corrected chi connectivity index (χ2v) is 2.52. The fraction of sp³-hybridized carbons (Fsp3) is 0. The van der Waals surface area contributed by atoms with Gasteiger partial charge in [0.2, 0.25) is 11.5 Å². The van der Waals surface area contributed by atoms with Crippen molar-refractivity contribution in [1.29, 1.82) is 0 Å². The number of aromatic nitrogens is 1. The third kappa shape index (κ3) is 1.18. The zero-order valence-electron chi connectivity index (χ0n) is 6.38. The predicted octanol–water partition coefficient (Wildman–Crippen LogP) is 2.69. The number of aromatic amines is 1. The first-order valence-corrected chi connectivity index (χ1v) is 3.53. The molecule has 1 aromatic carbocycles. The maximum absolute atomic E-state index is 11.9. The molecule has 13 heavy (non-hydrogen) atoms. The van der Waals surface area contributed by atoms with Crippen molar-refractivity contribution < 1.29 is 18.9 Å². The van der Waals surface area contributed by atoms with Gasteiger partial charge >= 0.3 is 0 Å². The molecule has 0 unspecified atom stereocenters. The second-order valence-electron chi connectivity index (χ2n) is 2.52. The molecule has 68 valence electrons. The van der Waals surface area contributed by atoms with Gasteiger partial charge in [-0.05, 0) is 12.1 Å². The largest absolute Gasteiger partial charge is 0.361 e. The van der Waals surface area contributed by atoms with E-state index in [4.69, 9.17) is 0 Å². The van der Waals surface area contributed by atoms with Crippen LogP contribution in [0.1, 0.15) is 0 Å². The first-order valence-electron chi connectivity index (χ1n) is 3.53. The molecule has 0 saturated carbocycles. The lowest BCUT2D eigenvalue weighted by Crippen LogP contribution is -1.83. The van der Waals surface area contributed by atoms with Crippen molar-refractivity contribution >= 4 is 10.9 Å².